The van der Waals surface area contributed by atoms with Crippen LogP contribution in [0.5, 0.6) is 5.75 Å². The minimum Gasteiger partial charge on any atom is -0.488 e. The van der Waals surface area contributed by atoms with Crippen molar-refractivity contribution in [3.05, 3.63) is 29.3 Å². The van der Waals surface area contributed by atoms with Crippen LogP contribution >= 0.6 is 0 Å². The van der Waals surface area contributed by atoms with Crippen LogP contribution in [-0.2, 0) is 11.8 Å². The first-order valence-corrected chi connectivity index (χ1v) is 10.7. The van der Waals surface area contributed by atoms with Crippen LogP contribution in [0.3, 0.4) is 0 Å². The van der Waals surface area contributed by atoms with E-state index in [1.54, 1.807) is 11.1 Å². The first-order valence-electron chi connectivity index (χ1n) is 10.7. The molecule has 1 saturated heterocycles. The molecule has 3 atom stereocenters. The first kappa shape index (κ1) is 18.3. The number of hydrogen-bond acceptors (Lipinski definition) is 2. The van der Waals surface area contributed by atoms with Gasteiger partial charge in [0.1, 0.15) is 11.4 Å². The number of rotatable bonds is 1. The lowest BCUT2D eigenvalue weighted by Gasteiger charge is -2.61. The van der Waals surface area contributed by atoms with Gasteiger partial charge in [0, 0.05) is 17.0 Å². The highest BCUT2D eigenvalue weighted by Gasteiger charge is 2.55. The average molecular weight is 356 g/mol. The van der Waals surface area contributed by atoms with Crippen LogP contribution in [0.15, 0.2) is 18.2 Å². The Labute approximate surface area is 160 Å². The van der Waals surface area contributed by atoms with E-state index in [1.807, 2.05) is 0 Å². The van der Waals surface area contributed by atoms with Gasteiger partial charge in [0.15, 0.2) is 0 Å². The molecule has 0 aromatic heterocycles. The first-order chi connectivity index (χ1) is 12.1. The van der Waals surface area contributed by atoms with E-state index in [0.717, 1.165) is 11.7 Å². The van der Waals surface area contributed by atoms with Crippen molar-refractivity contribution in [3.63, 3.8) is 0 Å². The SMILES string of the molecule is CC(C)(C)Oc1ccc2c(c1)C13CCCCC1[C@H](C2)N(C(C)(C)C)CC3. The van der Waals surface area contributed by atoms with Gasteiger partial charge in [-0.05, 0) is 103 Å². The second-order valence-corrected chi connectivity index (χ2v) is 10.9. The Morgan fingerprint density at radius 2 is 1.81 bits per heavy atom. The standard InChI is InChI=1S/C24H37NO/c1-22(2,3)25-14-13-24-12-8-7-9-19(24)21(25)15-17-10-11-18(16-20(17)24)26-23(4,5)6/h10-11,16,19,21H,7-9,12-15H2,1-6H3/t19?,21-,24?/m0/s1. The van der Waals surface area contributed by atoms with Gasteiger partial charge in [-0.3, -0.25) is 4.90 Å². The number of benzene rings is 1. The van der Waals surface area contributed by atoms with Crippen molar-refractivity contribution in [2.45, 2.75) is 103 Å². The highest BCUT2D eigenvalue weighted by Crippen LogP contribution is 2.57. The zero-order valence-corrected chi connectivity index (χ0v) is 17.7. The second kappa shape index (κ2) is 5.99. The number of ether oxygens (including phenoxy) is 1. The molecule has 1 aliphatic heterocycles. The fraction of sp³-hybridized carbons (Fsp3) is 0.750. The van der Waals surface area contributed by atoms with Crippen LogP contribution < -0.4 is 4.74 Å². The molecule has 0 N–H and O–H groups in total. The van der Waals surface area contributed by atoms with E-state index >= 15 is 0 Å². The number of hydrogen-bond donors (Lipinski definition) is 0. The number of fused-ring (bicyclic) bond motifs is 1. The molecule has 1 saturated carbocycles. The van der Waals surface area contributed by atoms with E-state index in [-0.39, 0.29) is 11.1 Å². The predicted octanol–water partition coefficient (Wildman–Crippen LogP) is 5.72. The number of piperidine rings is 1. The number of likely N-dealkylation sites (tertiary alicyclic amines) is 1. The van der Waals surface area contributed by atoms with Crippen molar-refractivity contribution in [1.82, 2.24) is 4.90 Å². The van der Waals surface area contributed by atoms with Gasteiger partial charge < -0.3 is 4.74 Å². The molecule has 1 aromatic rings. The van der Waals surface area contributed by atoms with Crippen molar-refractivity contribution in [2.75, 3.05) is 6.54 Å². The van der Waals surface area contributed by atoms with Gasteiger partial charge in [-0.2, -0.15) is 0 Å². The van der Waals surface area contributed by atoms with Gasteiger partial charge in [-0.15, -0.1) is 0 Å². The smallest absolute Gasteiger partial charge is 0.120 e. The summed E-state index contributed by atoms with van der Waals surface area (Å²) in [5.74, 6) is 1.88. The fourth-order valence-corrected chi connectivity index (χ4v) is 6.23. The molecule has 2 heteroatoms. The summed E-state index contributed by atoms with van der Waals surface area (Å²) in [5, 5.41) is 0. The number of nitrogens with zero attached hydrogens (tertiary/aromatic N) is 1. The van der Waals surface area contributed by atoms with Gasteiger partial charge in [-0.25, -0.2) is 0 Å². The lowest BCUT2D eigenvalue weighted by Crippen LogP contribution is -2.64. The molecule has 3 aliphatic rings. The molecule has 1 heterocycles. The Bertz CT molecular complexity index is 680. The van der Waals surface area contributed by atoms with Crippen molar-refractivity contribution >= 4 is 0 Å². The molecule has 2 bridgehead atoms. The van der Waals surface area contributed by atoms with E-state index in [0.29, 0.717) is 11.5 Å². The summed E-state index contributed by atoms with van der Waals surface area (Å²) in [6.07, 6.45) is 8.11. The maximum atomic E-state index is 6.25. The van der Waals surface area contributed by atoms with Crippen molar-refractivity contribution in [1.29, 1.82) is 0 Å². The highest BCUT2D eigenvalue weighted by molar-refractivity contribution is 5.46. The monoisotopic (exact) mass is 355 g/mol. The molecule has 2 aliphatic carbocycles. The van der Waals surface area contributed by atoms with Gasteiger partial charge in [0.25, 0.3) is 0 Å². The van der Waals surface area contributed by atoms with Crippen LogP contribution in [-0.4, -0.2) is 28.6 Å². The van der Waals surface area contributed by atoms with E-state index in [4.69, 9.17) is 4.74 Å². The van der Waals surface area contributed by atoms with E-state index in [9.17, 15) is 0 Å². The average Bonchev–Trinajstić information content (AvgIpc) is 2.53. The summed E-state index contributed by atoms with van der Waals surface area (Å²) in [6.45, 7) is 14.9. The van der Waals surface area contributed by atoms with Crippen LogP contribution in [0.2, 0.25) is 0 Å². The van der Waals surface area contributed by atoms with Crippen molar-refractivity contribution < 1.29 is 4.74 Å². The highest BCUT2D eigenvalue weighted by atomic mass is 16.5. The Balaban J connectivity index is 1.78. The van der Waals surface area contributed by atoms with Gasteiger partial charge in [0.2, 0.25) is 0 Å². The molecular formula is C24H37NO. The summed E-state index contributed by atoms with van der Waals surface area (Å²) in [6, 6.07) is 7.72. The van der Waals surface area contributed by atoms with Gasteiger partial charge in [-0.1, -0.05) is 18.9 Å². The maximum Gasteiger partial charge on any atom is 0.120 e. The van der Waals surface area contributed by atoms with Gasteiger partial charge >= 0.3 is 0 Å². The minimum absolute atomic E-state index is 0.134. The maximum absolute atomic E-state index is 6.25. The Kier molecular flexibility index (Phi) is 4.23. The Morgan fingerprint density at radius 1 is 1.04 bits per heavy atom. The third-order valence-electron chi connectivity index (χ3n) is 7.09. The Morgan fingerprint density at radius 3 is 2.50 bits per heavy atom. The van der Waals surface area contributed by atoms with Crippen LogP contribution in [0.1, 0.15) is 84.8 Å². The Hall–Kier alpha value is -1.02. The molecule has 2 unspecified atom stereocenters. The molecular weight excluding hydrogens is 318 g/mol. The predicted molar refractivity (Wildman–Crippen MR) is 109 cm³/mol. The summed E-state index contributed by atoms with van der Waals surface area (Å²) >= 11 is 0. The lowest BCUT2D eigenvalue weighted by atomic mass is 9.52. The third-order valence-corrected chi connectivity index (χ3v) is 7.09. The molecule has 2 nitrogen and oxygen atoms in total. The minimum atomic E-state index is -0.134. The summed E-state index contributed by atoms with van der Waals surface area (Å²) in [7, 11) is 0. The topological polar surface area (TPSA) is 12.5 Å². The van der Waals surface area contributed by atoms with E-state index < -0.39 is 0 Å². The molecule has 4 rings (SSSR count). The molecule has 0 spiro atoms. The largest absolute Gasteiger partial charge is 0.488 e. The van der Waals surface area contributed by atoms with E-state index in [2.05, 4.69) is 64.6 Å². The van der Waals surface area contributed by atoms with Crippen LogP contribution in [0.4, 0.5) is 0 Å². The van der Waals surface area contributed by atoms with E-state index in [1.165, 1.54) is 45.1 Å². The summed E-state index contributed by atoms with van der Waals surface area (Å²) in [4.78, 5) is 2.82. The van der Waals surface area contributed by atoms with Crippen LogP contribution in [0.25, 0.3) is 0 Å². The molecule has 0 radical (unpaired) electrons. The zero-order valence-electron chi connectivity index (χ0n) is 17.7. The van der Waals surface area contributed by atoms with Crippen molar-refractivity contribution in [3.8, 4) is 5.75 Å². The van der Waals surface area contributed by atoms with Gasteiger partial charge in [0.05, 0.1) is 0 Å². The molecule has 2 fully saturated rings. The molecule has 26 heavy (non-hydrogen) atoms. The second-order valence-electron chi connectivity index (χ2n) is 10.9. The third kappa shape index (κ3) is 2.99. The molecule has 144 valence electrons. The molecule has 0 amide bonds. The quantitative estimate of drug-likeness (QED) is 0.639. The zero-order chi connectivity index (χ0) is 18.7. The fourth-order valence-electron chi connectivity index (χ4n) is 6.23. The lowest BCUT2D eigenvalue weighted by molar-refractivity contribution is -0.0543. The normalized spacial score (nSPS) is 31.9. The molecule has 1 aromatic carbocycles. The van der Waals surface area contributed by atoms with Crippen LogP contribution in [0, 0.1) is 5.92 Å². The summed E-state index contributed by atoms with van der Waals surface area (Å²) in [5.41, 5.74) is 3.75. The summed E-state index contributed by atoms with van der Waals surface area (Å²) < 4.78 is 6.25. The van der Waals surface area contributed by atoms with Crippen molar-refractivity contribution in [2.24, 2.45) is 5.92 Å².